The Morgan fingerprint density at radius 3 is 1.05 bits per heavy atom. The smallest absolute Gasteiger partial charge is 0.167 e. The monoisotopic (exact) mass is 594 g/mol. The number of benzene rings is 4. The Morgan fingerprint density at radius 1 is 0.409 bits per heavy atom. The molecule has 4 rings (SSSR count). The van der Waals surface area contributed by atoms with Gasteiger partial charge in [-0.15, -0.1) is 0 Å². The molecule has 4 heteroatoms. The van der Waals surface area contributed by atoms with Crippen LogP contribution in [-0.2, 0) is 0 Å². The third kappa shape index (κ3) is 12.0. The molecule has 0 amide bonds. The zero-order chi connectivity index (χ0) is 32.4. The number of ether oxygens (including phenoxy) is 2. The van der Waals surface area contributed by atoms with Gasteiger partial charge in [0.15, 0.2) is 2.82 Å². The van der Waals surface area contributed by atoms with Gasteiger partial charge in [0.05, 0.1) is 13.2 Å². The predicted octanol–water partition coefficient (Wildman–Crippen LogP) is 12.3. The number of hydrogen-bond acceptors (Lipinski definition) is 4. The lowest BCUT2D eigenvalue weighted by atomic mass is 10.0. The number of anilines is 4. The van der Waals surface area contributed by atoms with Gasteiger partial charge in [0.1, 0.15) is 11.5 Å². The Balaban J connectivity index is 1.24. The maximum Gasteiger partial charge on any atom is 0.167 e. The van der Waals surface area contributed by atoms with Gasteiger partial charge in [-0.1, -0.05) is 102 Å². The number of hydrogen-bond donors (Lipinski definition) is 2. The average Bonchev–Trinajstić information content (AvgIpc) is 3.11. The SMILES string of the molecule is [2H]N(c1ccc(OCCCCCCCC)cc1)c1ccc(-c2ccc(N([2H])c3ccc(OCCCCCCCC)cc3)cc2)cc1. The van der Waals surface area contributed by atoms with Gasteiger partial charge in [-0.05, 0) is 96.8 Å². The Labute approximate surface area is 269 Å². The number of unbranched alkanes of at least 4 members (excludes halogenated alkanes) is 10. The van der Waals surface area contributed by atoms with Crippen molar-refractivity contribution in [3.8, 4) is 22.6 Å². The molecule has 0 spiro atoms. The summed E-state index contributed by atoms with van der Waals surface area (Å²) < 4.78 is 29.1. The summed E-state index contributed by atoms with van der Waals surface area (Å²) in [5, 5.41) is 2.88. The first-order chi connectivity index (χ1) is 22.6. The van der Waals surface area contributed by atoms with E-state index in [0.717, 1.165) is 71.4 Å². The molecule has 0 aliphatic heterocycles. The molecule has 0 fully saturated rings. The fraction of sp³-hybridized carbons (Fsp3) is 0.400. The highest BCUT2D eigenvalue weighted by molar-refractivity contribution is 5.71. The fourth-order valence-corrected chi connectivity index (χ4v) is 5.13. The maximum atomic E-state index is 8.65. The van der Waals surface area contributed by atoms with Crippen molar-refractivity contribution in [3.05, 3.63) is 97.1 Å². The van der Waals surface area contributed by atoms with E-state index in [-0.39, 0.29) is 0 Å². The molecular formula is C40H52N2O2. The molecule has 0 aliphatic carbocycles. The highest BCUT2D eigenvalue weighted by Crippen LogP contribution is 2.27. The molecule has 4 aromatic rings. The van der Waals surface area contributed by atoms with Crippen LogP contribution in [0.25, 0.3) is 11.1 Å². The molecule has 0 aromatic heterocycles. The molecule has 4 nitrogen and oxygen atoms in total. The molecule has 4 aromatic carbocycles. The van der Waals surface area contributed by atoms with Crippen LogP contribution in [0.3, 0.4) is 0 Å². The van der Waals surface area contributed by atoms with Gasteiger partial charge in [-0.3, -0.25) is 0 Å². The summed E-state index contributed by atoms with van der Waals surface area (Å²) in [6.07, 6.45) is 15.0. The fourth-order valence-electron chi connectivity index (χ4n) is 5.13. The molecule has 2 N–H and O–H groups in total. The van der Waals surface area contributed by atoms with Crippen LogP contribution in [0.15, 0.2) is 97.1 Å². The van der Waals surface area contributed by atoms with E-state index in [4.69, 9.17) is 12.3 Å². The minimum atomic E-state index is 0.736. The van der Waals surface area contributed by atoms with E-state index in [1.165, 1.54) is 74.8 Å². The molecule has 0 radical (unpaired) electrons. The van der Waals surface area contributed by atoms with Gasteiger partial charge in [-0.25, -0.2) is 0 Å². The first-order valence-electron chi connectivity index (χ1n) is 17.7. The van der Waals surface area contributed by atoms with Gasteiger partial charge in [0.2, 0.25) is 0 Å². The normalized spacial score (nSPS) is 11.5. The van der Waals surface area contributed by atoms with Crippen LogP contribution < -0.4 is 20.1 Å². The van der Waals surface area contributed by atoms with Crippen LogP contribution in [-0.4, -0.2) is 13.2 Å². The highest BCUT2D eigenvalue weighted by Gasteiger charge is 2.03. The minimum absolute atomic E-state index is 0.736. The van der Waals surface area contributed by atoms with E-state index in [0.29, 0.717) is 0 Å². The second-order valence-corrected chi connectivity index (χ2v) is 11.5. The lowest BCUT2D eigenvalue weighted by Gasteiger charge is -2.11. The number of nitrogens with one attached hydrogen (secondary N) is 2. The van der Waals surface area contributed by atoms with Crippen LogP contribution in [0.4, 0.5) is 22.7 Å². The van der Waals surface area contributed by atoms with E-state index in [1.807, 2.05) is 97.1 Å². The van der Waals surface area contributed by atoms with Crippen LogP contribution in [0.2, 0.25) is 2.82 Å². The summed E-state index contributed by atoms with van der Waals surface area (Å²) in [6, 6.07) is 31.5. The van der Waals surface area contributed by atoms with Crippen LogP contribution in [0.5, 0.6) is 11.5 Å². The van der Waals surface area contributed by atoms with Crippen molar-refractivity contribution < 1.29 is 12.3 Å². The Kier molecular flexibility index (Phi) is 13.3. The highest BCUT2D eigenvalue weighted by atomic mass is 16.5. The molecule has 0 heterocycles. The standard InChI is InChI=1S/C40H52N2O2/c1-3-5-7-9-11-13-31-43-39-27-23-37(24-28-39)41-35-19-15-33(16-20-35)34-17-21-36(22-18-34)42-38-25-29-40(30-26-38)44-32-14-12-10-8-6-4-2/h15-30,41-42H,3-14,31-32H2,1-2H3/i/hD2. The third-order valence-electron chi connectivity index (χ3n) is 7.79. The summed E-state index contributed by atoms with van der Waals surface area (Å²) in [5.41, 5.74) is 5.28. The van der Waals surface area contributed by atoms with Gasteiger partial charge < -0.3 is 20.1 Å². The summed E-state index contributed by atoms with van der Waals surface area (Å²) in [5.74, 6) is 1.70. The largest absolute Gasteiger partial charge is 0.494 e. The van der Waals surface area contributed by atoms with Crippen LogP contribution >= 0.6 is 0 Å². The van der Waals surface area contributed by atoms with E-state index in [9.17, 15) is 0 Å². The topological polar surface area (TPSA) is 42.5 Å². The molecule has 0 atom stereocenters. The molecule has 0 aliphatic rings. The zero-order valence-electron chi connectivity index (χ0n) is 28.8. The molecule has 0 bridgehead atoms. The second kappa shape index (κ2) is 19.4. The second-order valence-electron chi connectivity index (χ2n) is 11.5. The van der Waals surface area contributed by atoms with E-state index in [2.05, 4.69) is 13.8 Å². The molecule has 234 valence electrons. The van der Waals surface area contributed by atoms with Gasteiger partial charge in [0.25, 0.3) is 0 Å². The summed E-state index contributed by atoms with van der Waals surface area (Å²) in [7, 11) is 0. The quantitative estimate of drug-likeness (QED) is 0.0942. The van der Waals surface area contributed by atoms with E-state index < -0.39 is 0 Å². The van der Waals surface area contributed by atoms with Crippen LogP contribution in [0.1, 0.15) is 90.9 Å². The minimum Gasteiger partial charge on any atom is -0.494 e. The van der Waals surface area contributed by atoms with Gasteiger partial charge >= 0.3 is 0 Å². The Hall–Kier alpha value is -3.92. The van der Waals surface area contributed by atoms with E-state index in [1.54, 1.807) is 0 Å². The molecule has 0 saturated heterocycles. The lowest BCUT2D eigenvalue weighted by Crippen LogP contribution is -1.97. The third-order valence-corrected chi connectivity index (χ3v) is 7.79. The van der Waals surface area contributed by atoms with E-state index >= 15 is 0 Å². The summed E-state index contributed by atoms with van der Waals surface area (Å²) in [4.78, 5) is 0. The zero-order valence-corrected chi connectivity index (χ0v) is 26.8. The number of rotatable bonds is 21. The molecule has 0 unspecified atom stereocenters. The van der Waals surface area contributed by atoms with Crippen molar-refractivity contribution in [2.45, 2.75) is 90.9 Å². The van der Waals surface area contributed by atoms with Crippen molar-refractivity contribution in [3.63, 3.8) is 0 Å². The van der Waals surface area contributed by atoms with Crippen molar-refractivity contribution in [1.82, 2.24) is 0 Å². The van der Waals surface area contributed by atoms with Crippen molar-refractivity contribution >= 4 is 22.7 Å². The predicted molar refractivity (Wildman–Crippen MR) is 189 cm³/mol. The van der Waals surface area contributed by atoms with Crippen molar-refractivity contribution in [2.75, 3.05) is 23.8 Å². The maximum absolute atomic E-state index is 8.65. The lowest BCUT2D eigenvalue weighted by molar-refractivity contribution is 0.304. The first-order valence-corrected chi connectivity index (χ1v) is 16.8. The van der Waals surface area contributed by atoms with Gasteiger partial charge in [-0.2, -0.15) is 0 Å². The van der Waals surface area contributed by atoms with Crippen molar-refractivity contribution in [2.24, 2.45) is 0 Å². The van der Waals surface area contributed by atoms with Gasteiger partial charge in [0, 0.05) is 22.7 Å². The summed E-state index contributed by atoms with van der Waals surface area (Å²) in [6.45, 7) is 5.95. The summed E-state index contributed by atoms with van der Waals surface area (Å²) >= 11 is 0. The first kappa shape index (κ1) is 30.1. The molecule has 0 saturated carbocycles. The molecule has 44 heavy (non-hydrogen) atoms. The van der Waals surface area contributed by atoms with Crippen LogP contribution in [0, 0.1) is 0 Å². The molecular weight excluding hydrogens is 540 g/mol. The Bertz CT molecular complexity index is 1270. The average molecular weight is 595 g/mol. The Morgan fingerprint density at radius 2 is 0.705 bits per heavy atom. The van der Waals surface area contributed by atoms with Crippen molar-refractivity contribution in [1.29, 1.82) is 0 Å².